The smallest absolute Gasteiger partial charge is 0.108 e. The Hall–Kier alpha value is 0.180. The lowest BCUT2D eigenvalue weighted by molar-refractivity contribution is 0.0309. The minimum atomic E-state index is -1.44. The van der Waals surface area contributed by atoms with E-state index < -0.39 is 7.11 Å². The SMILES string of the molecule is C=P(C)(C)OC(COC)COC. The lowest BCUT2D eigenvalue weighted by Gasteiger charge is -2.22. The summed E-state index contributed by atoms with van der Waals surface area (Å²) in [5, 5.41) is 0. The van der Waals surface area contributed by atoms with Gasteiger partial charge in [0.15, 0.2) is 0 Å². The Labute approximate surface area is 75.1 Å². The Bertz CT molecular complexity index is 146. The molecule has 0 aromatic heterocycles. The minimum Gasteiger partial charge on any atom is -0.382 e. The molecule has 0 heterocycles. The number of methoxy groups -OCH3 is 2. The molecule has 74 valence electrons. The topological polar surface area (TPSA) is 27.7 Å². The number of rotatable bonds is 6. The van der Waals surface area contributed by atoms with Crippen molar-refractivity contribution >= 4 is 13.4 Å². The van der Waals surface area contributed by atoms with Gasteiger partial charge in [0.25, 0.3) is 0 Å². The van der Waals surface area contributed by atoms with Gasteiger partial charge in [-0.1, -0.05) is 6.30 Å². The first-order chi connectivity index (χ1) is 5.49. The molecule has 0 unspecified atom stereocenters. The van der Waals surface area contributed by atoms with Gasteiger partial charge in [0, 0.05) is 14.2 Å². The van der Waals surface area contributed by atoms with E-state index in [1.807, 2.05) is 13.3 Å². The van der Waals surface area contributed by atoms with E-state index in [2.05, 4.69) is 6.30 Å². The number of hydrogen-bond acceptors (Lipinski definition) is 3. The van der Waals surface area contributed by atoms with Crippen molar-refractivity contribution in [2.75, 3.05) is 40.8 Å². The molecule has 0 atom stereocenters. The Kier molecular flexibility index (Phi) is 5.85. The molecule has 0 saturated carbocycles. The molecule has 0 bridgehead atoms. The highest BCUT2D eigenvalue weighted by atomic mass is 31.2. The van der Waals surface area contributed by atoms with Crippen LogP contribution in [0, 0.1) is 0 Å². The fraction of sp³-hybridized carbons (Fsp3) is 0.875. The highest BCUT2D eigenvalue weighted by molar-refractivity contribution is 7.67. The third kappa shape index (κ3) is 6.86. The Morgan fingerprint density at radius 3 is 1.83 bits per heavy atom. The second kappa shape index (κ2) is 5.76. The Morgan fingerprint density at radius 2 is 1.58 bits per heavy atom. The van der Waals surface area contributed by atoms with E-state index in [0.717, 1.165) is 0 Å². The fourth-order valence-corrected chi connectivity index (χ4v) is 1.81. The molecule has 0 saturated heterocycles. The predicted molar refractivity (Wildman–Crippen MR) is 54.5 cm³/mol. The zero-order valence-corrected chi connectivity index (χ0v) is 9.27. The number of hydrogen-bond donors (Lipinski definition) is 0. The van der Waals surface area contributed by atoms with E-state index >= 15 is 0 Å². The Morgan fingerprint density at radius 1 is 1.17 bits per heavy atom. The van der Waals surface area contributed by atoms with E-state index in [9.17, 15) is 0 Å². The average molecular weight is 194 g/mol. The second-order valence-electron chi connectivity index (χ2n) is 3.21. The van der Waals surface area contributed by atoms with Crippen LogP contribution in [-0.4, -0.2) is 53.2 Å². The van der Waals surface area contributed by atoms with E-state index in [-0.39, 0.29) is 6.10 Å². The molecule has 3 nitrogen and oxygen atoms in total. The molecular formula is C8H19O3P. The van der Waals surface area contributed by atoms with Crippen LogP contribution in [0.25, 0.3) is 0 Å². The van der Waals surface area contributed by atoms with Crippen LogP contribution in [0.15, 0.2) is 0 Å². The summed E-state index contributed by atoms with van der Waals surface area (Å²) in [5.41, 5.74) is 0. The maximum Gasteiger partial charge on any atom is 0.108 e. The Balaban J connectivity index is 3.86. The van der Waals surface area contributed by atoms with Crippen molar-refractivity contribution < 1.29 is 14.0 Å². The van der Waals surface area contributed by atoms with Gasteiger partial charge < -0.3 is 14.0 Å². The summed E-state index contributed by atoms with van der Waals surface area (Å²) in [6, 6.07) is 0. The quantitative estimate of drug-likeness (QED) is 0.596. The summed E-state index contributed by atoms with van der Waals surface area (Å²) in [6.45, 7) is 5.16. The molecule has 0 aliphatic carbocycles. The molecule has 12 heavy (non-hydrogen) atoms. The van der Waals surface area contributed by atoms with Gasteiger partial charge in [0.2, 0.25) is 0 Å². The van der Waals surface area contributed by atoms with Gasteiger partial charge in [-0.25, -0.2) is 0 Å². The van der Waals surface area contributed by atoms with Crippen molar-refractivity contribution in [2.45, 2.75) is 6.10 Å². The molecular weight excluding hydrogens is 175 g/mol. The van der Waals surface area contributed by atoms with Gasteiger partial charge in [-0.2, -0.15) is 0 Å². The minimum absolute atomic E-state index is 0.0147. The highest BCUT2D eigenvalue weighted by Crippen LogP contribution is 2.38. The van der Waals surface area contributed by atoms with Crippen LogP contribution in [0.1, 0.15) is 0 Å². The monoisotopic (exact) mass is 194 g/mol. The summed E-state index contributed by atoms with van der Waals surface area (Å²) in [5.74, 6) is 0. The molecule has 0 spiro atoms. The first kappa shape index (κ1) is 12.2. The lowest BCUT2D eigenvalue weighted by Crippen LogP contribution is -2.23. The van der Waals surface area contributed by atoms with Crippen LogP contribution in [0.3, 0.4) is 0 Å². The molecule has 0 aliphatic heterocycles. The van der Waals surface area contributed by atoms with Gasteiger partial charge in [0.1, 0.15) is 6.10 Å². The van der Waals surface area contributed by atoms with Crippen LogP contribution in [0.2, 0.25) is 0 Å². The summed E-state index contributed by atoms with van der Waals surface area (Å²) >= 11 is 0. The van der Waals surface area contributed by atoms with Crippen molar-refractivity contribution in [3.8, 4) is 0 Å². The van der Waals surface area contributed by atoms with Gasteiger partial charge in [0.05, 0.1) is 13.2 Å². The van der Waals surface area contributed by atoms with Gasteiger partial charge in [-0.3, -0.25) is 0 Å². The molecule has 0 aromatic rings. The van der Waals surface area contributed by atoms with Crippen molar-refractivity contribution in [1.82, 2.24) is 0 Å². The standard InChI is InChI=1S/C8H19O3P/c1-9-6-8(7-10-2)11-12(3,4)5/h8H,3,6-7H2,1-2,4-5H3. The maximum atomic E-state index is 5.67. The molecule has 4 heteroatoms. The average Bonchev–Trinajstić information content (AvgIpc) is 1.84. The van der Waals surface area contributed by atoms with E-state index in [0.29, 0.717) is 13.2 Å². The fourth-order valence-electron chi connectivity index (χ4n) is 0.884. The van der Waals surface area contributed by atoms with Crippen molar-refractivity contribution in [3.63, 3.8) is 0 Å². The van der Waals surface area contributed by atoms with Crippen LogP contribution in [-0.2, 0) is 14.0 Å². The molecule has 0 radical (unpaired) electrons. The number of ether oxygens (including phenoxy) is 2. The van der Waals surface area contributed by atoms with E-state index in [4.69, 9.17) is 14.0 Å². The summed E-state index contributed by atoms with van der Waals surface area (Å²) in [7, 11) is 1.87. The normalized spacial score (nSPS) is 12.4. The summed E-state index contributed by atoms with van der Waals surface area (Å²) < 4.78 is 15.6. The largest absolute Gasteiger partial charge is 0.382 e. The van der Waals surface area contributed by atoms with Crippen molar-refractivity contribution in [3.05, 3.63) is 0 Å². The molecule has 0 aliphatic rings. The second-order valence-corrected chi connectivity index (χ2v) is 6.57. The first-order valence-electron chi connectivity index (χ1n) is 3.84. The third-order valence-corrected chi connectivity index (χ3v) is 2.01. The summed E-state index contributed by atoms with van der Waals surface area (Å²) in [4.78, 5) is 0. The van der Waals surface area contributed by atoms with Crippen molar-refractivity contribution in [2.24, 2.45) is 0 Å². The lowest BCUT2D eigenvalue weighted by atomic mass is 10.4. The zero-order chi connectivity index (χ0) is 9.61. The molecule has 0 amide bonds. The predicted octanol–water partition coefficient (Wildman–Crippen LogP) is 1.29. The third-order valence-electron chi connectivity index (χ3n) is 1.14. The molecule has 0 aromatic carbocycles. The van der Waals surface area contributed by atoms with Gasteiger partial charge in [-0.15, -0.1) is 0 Å². The zero-order valence-electron chi connectivity index (χ0n) is 8.37. The van der Waals surface area contributed by atoms with Gasteiger partial charge >= 0.3 is 0 Å². The maximum absolute atomic E-state index is 5.67. The first-order valence-corrected chi connectivity index (χ1v) is 6.63. The summed E-state index contributed by atoms with van der Waals surface area (Å²) in [6.07, 6.45) is 3.97. The van der Waals surface area contributed by atoms with E-state index in [1.54, 1.807) is 14.2 Å². The van der Waals surface area contributed by atoms with Crippen LogP contribution in [0.5, 0.6) is 0 Å². The van der Waals surface area contributed by atoms with Crippen LogP contribution < -0.4 is 0 Å². The molecule has 0 rings (SSSR count). The van der Waals surface area contributed by atoms with Crippen LogP contribution >= 0.6 is 7.11 Å². The highest BCUT2D eigenvalue weighted by Gasteiger charge is 2.12. The van der Waals surface area contributed by atoms with Crippen molar-refractivity contribution in [1.29, 1.82) is 0 Å². The molecule has 0 fully saturated rings. The van der Waals surface area contributed by atoms with E-state index in [1.165, 1.54) is 0 Å². The van der Waals surface area contributed by atoms with Gasteiger partial charge in [-0.05, 0) is 20.4 Å². The van der Waals surface area contributed by atoms with Crippen LogP contribution in [0.4, 0.5) is 0 Å². The molecule has 0 N–H and O–H groups in total.